The molecular weight excluding hydrogens is 354 g/mol. The standard InChI is InChI=1S/C19H19NO7/c1-24-15-10-12(11-16(25-2)18(15)26-3)8-9-17(21)27-20-14-7-5-4-6-13(14)19(22)23/h4-11,20H,1-3H3,(H,22,23). The highest BCUT2D eigenvalue weighted by molar-refractivity contribution is 5.94. The molecule has 0 unspecified atom stereocenters. The zero-order chi connectivity index (χ0) is 19.8. The molecule has 0 aromatic heterocycles. The lowest BCUT2D eigenvalue weighted by Gasteiger charge is -2.12. The Balaban J connectivity index is 2.10. The van der Waals surface area contributed by atoms with Gasteiger partial charge in [0.25, 0.3) is 0 Å². The maximum absolute atomic E-state index is 11.9. The summed E-state index contributed by atoms with van der Waals surface area (Å²) in [5.41, 5.74) is 3.11. The fraction of sp³-hybridized carbons (Fsp3) is 0.158. The summed E-state index contributed by atoms with van der Waals surface area (Å²) in [6.07, 6.45) is 2.68. The summed E-state index contributed by atoms with van der Waals surface area (Å²) < 4.78 is 15.7. The minimum Gasteiger partial charge on any atom is -0.493 e. The third-order valence-corrected chi connectivity index (χ3v) is 3.52. The van der Waals surface area contributed by atoms with E-state index in [-0.39, 0.29) is 11.3 Å². The van der Waals surface area contributed by atoms with Crippen molar-refractivity contribution >= 4 is 23.7 Å². The van der Waals surface area contributed by atoms with Crippen LogP contribution in [-0.4, -0.2) is 38.4 Å². The molecule has 2 aromatic rings. The number of methoxy groups -OCH3 is 3. The zero-order valence-corrected chi connectivity index (χ0v) is 15.0. The first-order chi connectivity index (χ1) is 13.0. The molecule has 2 rings (SSSR count). The molecule has 0 aliphatic carbocycles. The van der Waals surface area contributed by atoms with Gasteiger partial charge in [-0.15, -0.1) is 0 Å². The number of ether oxygens (including phenoxy) is 3. The number of nitrogens with one attached hydrogen (secondary N) is 1. The molecule has 0 spiro atoms. The molecule has 27 heavy (non-hydrogen) atoms. The molecule has 0 aliphatic heterocycles. The van der Waals surface area contributed by atoms with Gasteiger partial charge in [0.1, 0.15) is 0 Å². The van der Waals surface area contributed by atoms with Crippen molar-refractivity contribution in [3.63, 3.8) is 0 Å². The van der Waals surface area contributed by atoms with E-state index < -0.39 is 11.9 Å². The number of carbonyl (C=O) groups is 2. The lowest BCUT2D eigenvalue weighted by Crippen LogP contribution is -2.11. The molecule has 2 N–H and O–H groups in total. The van der Waals surface area contributed by atoms with E-state index in [1.807, 2.05) is 0 Å². The van der Waals surface area contributed by atoms with Crippen molar-refractivity contribution in [2.24, 2.45) is 0 Å². The highest BCUT2D eigenvalue weighted by Gasteiger charge is 2.13. The molecule has 2 aromatic carbocycles. The molecule has 8 heteroatoms. The monoisotopic (exact) mass is 373 g/mol. The van der Waals surface area contributed by atoms with Crippen LogP contribution in [0, 0.1) is 0 Å². The number of rotatable bonds is 8. The van der Waals surface area contributed by atoms with Gasteiger partial charge in [0.2, 0.25) is 5.75 Å². The van der Waals surface area contributed by atoms with Gasteiger partial charge in [-0.3, -0.25) is 0 Å². The number of anilines is 1. The summed E-state index contributed by atoms with van der Waals surface area (Å²) >= 11 is 0. The van der Waals surface area contributed by atoms with Crippen molar-refractivity contribution in [1.82, 2.24) is 0 Å². The quantitative estimate of drug-likeness (QED) is 0.538. The highest BCUT2D eigenvalue weighted by Crippen LogP contribution is 2.38. The third kappa shape index (κ3) is 4.91. The topological polar surface area (TPSA) is 103 Å². The van der Waals surface area contributed by atoms with Crippen molar-refractivity contribution in [3.05, 3.63) is 53.6 Å². The van der Waals surface area contributed by atoms with Gasteiger partial charge < -0.3 is 24.2 Å². The molecule has 0 saturated heterocycles. The fourth-order valence-electron chi connectivity index (χ4n) is 2.26. The van der Waals surface area contributed by atoms with Crippen LogP contribution in [0.1, 0.15) is 15.9 Å². The van der Waals surface area contributed by atoms with Crippen LogP contribution in [-0.2, 0) is 9.63 Å². The summed E-state index contributed by atoms with van der Waals surface area (Å²) in [6.45, 7) is 0. The summed E-state index contributed by atoms with van der Waals surface area (Å²) in [6, 6.07) is 9.40. The zero-order valence-electron chi connectivity index (χ0n) is 15.0. The van der Waals surface area contributed by atoms with Gasteiger partial charge in [0.05, 0.1) is 32.6 Å². The van der Waals surface area contributed by atoms with E-state index in [0.717, 1.165) is 0 Å². The Morgan fingerprint density at radius 3 is 2.19 bits per heavy atom. The Labute approximate surface area is 155 Å². The van der Waals surface area contributed by atoms with Gasteiger partial charge in [0.15, 0.2) is 11.5 Å². The van der Waals surface area contributed by atoms with E-state index in [2.05, 4.69) is 5.48 Å². The van der Waals surface area contributed by atoms with Crippen LogP contribution in [0.5, 0.6) is 17.2 Å². The average Bonchev–Trinajstić information content (AvgIpc) is 2.69. The predicted octanol–water partition coefficient (Wildman–Crippen LogP) is 2.99. The molecule has 0 heterocycles. The second-order valence-electron chi connectivity index (χ2n) is 5.17. The van der Waals surface area contributed by atoms with E-state index in [1.165, 1.54) is 45.6 Å². The van der Waals surface area contributed by atoms with Gasteiger partial charge in [-0.25, -0.2) is 15.1 Å². The van der Waals surface area contributed by atoms with Gasteiger partial charge in [0, 0.05) is 6.08 Å². The molecule has 0 amide bonds. The molecule has 8 nitrogen and oxygen atoms in total. The Bertz CT molecular complexity index is 836. The van der Waals surface area contributed by atoms with E-state index in [9.17, 15) is 9.59 Å². The van der Waals surface area contributed by atoms with Crippen molar-refractivity contribution in [1.29, 1.82) is 0 Å². The maximum atomic E-state index is 11.9. The third-order valence-electron chi connectivity index (χ3n) is 3.52. The Morgan fingerprint density at radius 2 is 1.63 bits per heavy atom. The number of para-hydroxylation sites is 1. The van der Waals surface area contributed by atoms with Crippen LogP contribution in [0.15, 0.2) is 42.5 Å². The number of hydrogen-bond donors (Lipinski definition) is 2. The first kappa shape index (κ1) is 19.6. The molecule has 142 valence electrons. The largest absolute Gasteiger partial charge is 0.493 e. The second-order valence-corrected chi connectivity index (χ2v) is 5.17. The molecule has 0 radical (unpaired) electrons. The average molecular weight is 373 g/mol. The van der Waals surface area contributed by atoms with Gasteiger partial charge in [-0.1, -0.05) is 12.1 Å². The first-order valence-corrected chi connectivity index (χ1v) is 7.77. The van der Waals surface area contributed by atoms with E-state index in [4.69, 9.17) is 24.2 Å². The number of aromatic carboxylic acids is 1. The summed E-state index contributed by atoms with van der Waals surface area (Å²) in [5, 5.41) is 9.10. The Hall–Kier alpha value is -3.68. The number of hydrogen-bond acceptors (Lipinski definition) is 7. The number of carbonyl (C=O) groups excluding carboxylic acids is 1. The minimum atomic E-state index is -1.14. The summed E-state index contributed by atoms with van der Waals surface area (Å²) in [4.78, 5) is 27.9. The van der Waals surface area contributed by atoms with E-state index >= 15 is 0 Å². The predicted molar refractivity (Wildman–Crippen MR) is 98.2 cm³/mol. The molecule has 0 aliphatic rings. The van der Waals surface area contributed by atoms with Crippen LogP contribution in [0.4, 0.5) is 5.69 Å². The first-order valence-electron chi connectivity index (χ1n) is 7.77. The minimum absolute atomic E-state index is 0.0149. The smallest absolute Gasteiger partial charge is 0.355 e. The van der Waals surface area contributed by atoms with Crippen molar-refractivity contribution in [2.75, 3.05) is 26.8 Å². The van der Waals surface area contributed by atoms with Gasteiger partial charge in [-0.05, 0) is 35.9 Å². The Kier molecular flexibility index (Phi) is 6.65. The maximum Gasteiger partial charge on any atom is 0.355 e. The van der Waals surface area contributed by atoms with Crippen LogP contribution in [0.2, 0.25) is 0 Å². The van der Waals surface area contributed by atoms with Crippen LogP contribution in [0.3, 0.4) is 0 Å². The highest BCUT2D eigenvalue weighted by atomic mass is 16.7. The SMILES string of the molecule is COc1cc(C=CC(=O)ONc2ccccc2C(=O)O)cc(OC)c1OC. The second kappa shape index (κ2) is 9.14. The molecule has 0 saturated carbocycles. The lowest BCUT2D eigenvalue weighted by atomic mass is 10.1. The van der Waals surface area contributed by atoms with Crippen LogP contribution >= 0.6 is 0 Å². The normalized spacial score (nSPS) is 10.3. The van der Waals surface area contributed by atoms with Gasteiger partial charge >= 0.3 is 11.9 Å². The molecular formula is C19H19NO7. The number of carboxylic acids is 1. The Morgan fingerprint density at radius 1 is 1.00 bits per heavy atom. The molecule has 0 bridgehead atoms. The summed E-state index contributed by atoms with van der Waals surface area (Å²) in [5.74, 6) is -0.533. The number of carboxylic acid groups (broad SMARTS) is 1. The fourth-order valence-corrected chi connectivity index (χ4v) is 2.26. The number of benzene rings is 2. The lowest BCUT2D eigenvalue weighted by molar-refractivity contribution is -0.134. The van der Waals surface area contributed by atoms with E-state index in [0.29, 0.717) is 22.8 Å². The van der Waals surface area contributed by atoms with Crippen LogP contribution in [0.25, 0.3) is 6.08 Å². The van der Waals surface area contributed by atoms with E-state index in [1.54, 1.807) is 24.3 Å². The van der Waals surface area contributed by atoms with Crippen molar-refractivity contribution < 1.29 is 33.7 Å². The van der Waals surface area contributed by atoms with Crippen molar-refractivity contribution in [2.45, 2.75) is 0 Å². The van der Waals surface area contributed by atoms with Crippen LogP contribution < -0.4 is 19.7 Å². The van der Waals surface area contributed by atoms with Gasteiger partial charge in [-0.2, -0.15) is 0 Å². The van der Waals surface area contributed by atoms with Crippen molar-refractivity contribution in [3.8, 4) is 17.2 Å². The summed E-state index contributed by atoms with van der Waals surface area (Å²) in [7, 11) is 4.47. The molecule has 0 fully saturated rings. The molecule has 0 atom stereocenters.